The molecule has 1 aromatic carbocycles. The molecule has 1 aliphatic heterocycles. The van der Waals surface area contributed by atoms with Gasteiger partial charge in [-0.15, -0.1) is 11.3 Å². The van der Waals surface area contributed by atoms with E-state index in [2.05, 4.69) is 53.3 Å². The summed E-state index contributed by atoms with van der Waals surface area (Å²) in [4.78, 5) is 33.7. The molecular weight excluding hydrogens is 500 g/mol. The van der Waals surface area contributed by atoms with Crippen LogP contribution in [0.3, 0.4) is 0 Å². The number of ether oxygens (including phenoxy) is 1. The van der Waals surface area contributed by atoms with Crippen LogP contribution in [0.2, 0.25) is 0 Å². The number of rotatable bonds is 6. The normalized spacial score (nSPS) is 16.7. The number of methoxy groups -OCH3 is 1. The van der Waals surface area contributed by atoms with Crippen LogP contribution in [0.5, 0.6) is 0 Å². The van der Waals surface area contributed by atoms with E-state index < -0.39 is 0 Å². The highest BCUT2D eigenvalue weighted by Gasteiger charge is 2.30. The van der Waals surface area contributed by atoms with E-state index in [1.165, 1.54) is 28.9 Å². The van der Waals surface area contributed by atoms with Crippen molar-refractivity contribution in [2.75, 3.05) is 25.5 Å². The first kappa shape index (κ1) is 26.6. The molecule has 0 spiro atoms. The minimum absolute atomic E-state index is 0.0211. The molecule has 3 aromatic rings. The molecule has 2 aromatic heterocycles. The van der Waals surface area contributed by atoms with Gasteiger partial charge in [0.2, 0.25) is 17.6 Å². The fourth-order valence-corrected chi connectivity index (χ4v) is 6.57. The van der Waals surface area contributed by atoms with Crippen LogP contribution in [-0.4, -0.2) is 47.1 Å². The van der Waals surface area contributed by atoms with Crippen LogP contribution in [0.4, 0.5) is 5.00 Å². The first-order valence-corrected chi connectivity index (χ1v) is 14.2. The number of thiophene rings is 1. The fraction of sp³-hybridized carbons (Fsp3) is 0.517. The van der Waals surface area contributed by atoms with Crippen molar-refractivity contribution in [2.45, 2.75) is 71.3 Å². The minimum Gasteiger partial charge on any atom is -0.465 e. The molecule has 1 N–H and O–H groups in total. The summed E-state index contributed by atoms with van der Waals surface area (Å²) in [7, 11) is 1.39. The summed E-state index contributed by atoms with van der Waals surface area (Å²) < 4.78 is 10.6. The molecule has 0 radical (unpaired) electrons. The first-order chi connectivity index (χ1) is 18.2. The second-order valence-corrected chi connectivity index (χ2v) is 12.4. The number of fused-ring (bicyclic) bond motifs is 1. The molecule has 0 unspecified atom stereocenters. The maximum absolute atomic E-state index is 13.1. The number of piperidine rings is 1. The number of nitrogens with one attached hydrogen (secondary N) is 1. The number of likely N-dealkylation sites (tertiary alicyclic amines) is 1. The standard InChI is InChI=1S/C29H36N4O4S/c1-29(2,3)20-11-9-18(10-12-20)25-30-23(37-32-25)17-33-15-13-19(14-16-33)26(34)31-27-24(28(35)36-4)21-7-5-6-8-22(21)38-27/h9-12,19H,5-8,13-17H2,1-4H3,(H,31,34). The molecule has 0 saturated carbocycles. The molecule has 3 heterocycles. The van der Waals surface area contributed by atoms with Gasteiger partial charge in [-0.25, -0.2) is 4.79 Å². The summed E-state index contributed by atoms with van der Waals surface area (Å²) in [5.41, 5.74) is 3.90. The van der Waals surface area contributed by atoms with E-state index in [1.807, 2.05) is 12.1 Å². The van der Waals surface area contributed by atoms with Gasteiger partial charge in [-0.1, -0.05) is 50.2 Å². The molecular formula is C29H36N4O4S. The van der Waals surface area contributed by atoms with Crippen LogP contribution < -0.4 is 5.32 Å². The van der Waals surface area contributed by atoms with Crippen molar-refractivity contribution in [3.63, 3.8) is 0 Å². The smallest absolute Gasteiger partial charge is 0.341 e. The van der Waals surface area contributed by atoms with E-state index in [1.54, 1.807) is 0 Å². The maximum Gasteiger partial charge on any atom is 0.341 e. The number of carbonyl (C=O) groups is 2. The lowest BCUT2D eigenvalue weighted by Crippen LogP contribution is -2.37. The molecule has 1 saturated heterocycles. The van der Waals surface area contributed by atoms with Crippen molar-refractivity contribution in [3.8, 4) is 11.4 Å². The van der Waals surface area contributed by atoms with Gasteiger partial charge >= 0.3 is 5.97 Å². The molecule has 202 valence electrons. The van der Waals surface area contributed by atoms with Gasteiger partial charge < -0.3 is 14.6 Å². The van der Waals surface area contributed by atoms with Crippen molar-refractivity contribution in [1.82, 2.24) is 15.0 Å². The maximum atomic E-state index is 13.1. The zero-order valence-electron chi connectivity index (χ0n) is 22.6. The number of anilines is 1. The van der Waals surface area contributed by atoms with Crippen LogP contribution in [0.15, 0.2) is 28.8 Å². The van der Waals surface area contributed by atoms with Gasteiger partial charge in [0.1, 0.15) is 5.00 Å². The van der Waals surface area contributed by atoms with Crippen LogP contribution in [0.25, 0.3) is 11.4 Å². The third kappa shape index (κ3) is 5.68. The van der Waals surface area contributed by atoms with Gasteiger partial charge in [0, 0.05) is 16.4 Å². The van der Waals surface area contributed by atoms with Crippen molar-refractivity contribution in [1.29, 1.82) is 0 Å². The number of benzene rings is 1. The summed E-state index contributed by atoms with van der Waals surface area (Å²) >= 11 is 1.53. The average molecular weight is 537 g/mol. The Kier molecular flexibility index (Phi) is 7.68. The Morgan fingerprint density at radius 3 is 2.53 bits per heavy atom. The van der Waals surface area contributed by atoms with Crippen LogP contribution in [0.1, 0.15) is 78.7 Å². The second kappa shape index (κ2) is 11.0. The molecule has 1 fully saturated rings. The van der Waals surface area contributed by atoms with E-state index in [9.17, 15) is 9.59 Å². The number of esters is 1. The van der Waals surface area contributed by atoms with E-state index >= 15 is 0 Å². The number of amides is 1. The van der Waals surface area contributed by atoms with Gasteiger partial charge in [0.15, 0.2) is 0 Å². The SMILES string of the molecule is COC(=O)c1c(NC(=O)C2CCN(Cc3nc(-c4ccc(C(C)(C)C)cc4)no3)CC2)sc2c1CCCC2. The lowest BCUT2D eigenvalue weighted by molar-refractivity contribution is -0.121. The summed E-state index contributed by atoms with van der Waals surface area (Å²) in [6.07, 6.45) is 5.47. The van der Waals surface area contributed by atoms with E-state index in [4.69, 9.17) is 9.26 Å². The Hall–Kier alpha value is -3.04. The van der Waals surface area contributed by atoms with Crippen molar-refractivity contribution >= 4 is 28.2 Å². The predicted octanol–water partition coefficient (Wildman–Crippen LogP) is 5.61. The Bertz CT molecular complexity index is 1300. The predicted molar refractivity (Wildman–Crippen MR) is 147 cm³/mol. The van der Waals surface area contributed by atoms with Gasteiger partial charge in [-0.2, -0.15) is 4.98 Å². The second-order valence-electron chi connectivity index (χ2n) is 11.3. The molecule has 0 atom stereocenters. The number of hydrogen-bond donors (Lipinski definition) is 1. The Morgan fingerprint density at radius 1 is 1.13 bits per heavy atom. The molecule has 1 aliphatic carbocycles. The molecule has 9 heteroatoms. The lowest BCUT2D eigenvalue weighted by atomic mass is 9.87. The monoisotopic (exact) mass is 536 g/mol. The summed E-state index contributed by atoms with van der Waals surface area (Å²) in [6, 6.07) is 8.30. The fourth-order valence-electron chi connectivity index (χ4n) is 5.29. The number of nitrogens with zero attached hydrogens (tertiary/aromatic N) is 3. The number of hydrogen-bond acceptors (Lipinski definition) is 8. The Labute approximate surface area is 227 Å². The highest BCUT2D eigenvalue weighted by molar-refractivity contribution is 7.17. The van der Waals surface area contributed by atoms with Crippen molar-refractivity contribution in [3.05, 3.63) is 51.7 Å². The van der Waals surface area contributed by atoms with Crippen molar-refractivity contribution < 1.29 is 18.8 Å². The average Bonchev–Trinajstić information content (AvgIpc) is 3.52. The van der Waals surface area contributed by atoms with E-state index in [-0.39, 0.29) is 23.2 Å². The van der Waals surface area contributed by atoms with E-state index in [0.717, 1.165) is 62.7 Å². The molecule has 2 aliphatic rings. The third-order valence-electron chi connectivity index (χ3n) is 7.59. The largest absolute Gasteiger partial charge is 0.465 e. The Balaban J connectivity index is 1.16. The summed E-state index contributed by atoms with van der Waals surface area (Å²) in [6.45, 7) is 8.66. The third-order valence-corrected chi connectivity index (χ3v) is 8.80. The molecule has 0 bridgehead atoms. The van der Waals surface area contributed by atoms with Gasteiger partial charge in [-0.3, -0.25) is 9.69 Å². The molecule has 8 nitrogen and oxygen atoms in total. The van der Waals surface area contributed by atoms with Crippen LogP contribution in [0, 0.1) is 5.92 Å². The first-order valence-electron chi connectivity index (χ1n) is 13.4. The van der Waals surface area contributed by atoms with Gasteiger partial charge in [0.25, 0.3) is 0 Å². The van der Waals surface area contributed by atoms with Crippen molar-refractivity contribution in [2.24, 2.45) is 5.92 Å². The Morgan fingerprint density at radius 2 is 1.84 bits per heavy atom. The van der Waals surface area contributed by atoms with Gasteiger partial charge in [-0.05, 0) is 68.2 Å². The zero-order chi connectivity index (χ0) is 26.9. The summed E-state index contributed by atoms with van der Waals surface area (Å²) in [5.74, 6) is 0.686. The molecule has 5 rings (SSSR count). The number of carbonyl (C=O) groups excluding carboxylic acids is 2. The summed E-state index contributed by atoms with van der Waals surface area (Å²) in [5, 5.41) is 7.89. The number of aryl methyl sites for hydroxylation is 1. The van der Waals surface area contributed by atoms with Crippen LogP contribution in [-0.2, 0) is 34.3 Å². The molecule has 38 heavy (non-hydrogen) atoms. The number of aromatic nitrogens is 2. The van der Waals surface area contributed by atoms with Crippen LogP contribution >= 0.6 is 11.3 Å². The highest BCUT2D eigenvalue weighted by Crippen LogP contribution is 2.39. The molecule has 1 amide bonds. The highest BCUT2D eigenvalue weighted by atomic mass is 32.1. The quantitative estimate of drug-likeness (QED) is 0.409. The zero-order valence-corrected chi connectivity index (χ0v) is 23.5. The minimum atomic E-state index is -0.362. The van der Waals surface area contributed by atoms with Gasteiger partial charge in [0.05, 0.1) is 19.2 Å². The topological polar surface area (TPSA) is 97.6 Å². The van der Waals surface area contributed by atoms with E-state index in [0.29, 0.717) is 28.8 Å². The lowest BCUT2D eigenvalue weighted by Gasteiger charge is -2.30.